The van der Waals surface area contributed by atoms with Gasteiger partial charge in [-0.3, -0.25) is 9.69 Å². The van der Waals surface area contributed by atoms with E-state index in [0.29, 0.717) is 0 Å². The number of carbonyl (C=O) groups excluding carboxylic acids is 1. The molecule has 0 spiro atoms. The van der Waals surface area contributed by atoms with Gasteiger partial charge in [-0.2, -0.15) is 0 Å². The molecule has 1 N–H and O–H groups in total. The van der Waals surface area contributed by atoms with Gasteiger partial charge in [0.1, 0.15) is 5.75 Å². The van der Waals surface area contributed by atoms with Crippen LogP contribution in [0.1, 0.15) is 26.2 Å². The Hall–Kier alpha value is -1.79. The number of rotatable bonds is 7. The lowest BCUT2D eigenvalue weighted by atomic mass is 10.1. The molecule has 2 aliphatic heterocycles. The maximum atomic E-state index is 12.5. The quantitative estimate of drug-likeness (QED) is 0.789. The van der Waals surface area contributed by atoms with Crippen LogP contribution in [0.2, 0.25) is 0 Å². The molecule has 0 aliphatic carbocycles. The Morgan fingerprint density at radius 2 is 1.78 bits per heavy atom. The summed E-state index contributed by atoms with van der Waals surface area (Å²) in [6.07, 6.45) is 3.93. The summed E-state index contributed by atoms with van der Waals surface area (Å²) in [5, 5.41) is 3.13. The second-order valence-electron chi connectivity index (χ2n) is 7.56. The number of piperazine rings is 1. The van der Waals surface area contributed by atoms with Crippen molar-refractivity contribution in [1.29, 1.82) is 0 Å². The molecule has 0 radical (unpaired) electrons. The topological polar surface area (TPSA) is 48.1 Å². The van der Waals surface area contributed by atoms with E-state index in [-0.39, 0.29) is 11.9 Å². The second kappa shape index (κ2) is 9.95. The molecule has 2 heterocycles. The zero-order valence-electron chi connectivity index (χ0n) is 16.8. The average molecular weight is 375 g/mol. The number of nitrogens with one attached hydrogen (secondary N) is 1. The molecular weight excluding hydrogens is 340 g/mol. The number of hydrogen-bond acceptors (Lipinski definition) is 5. The Bertz CT molecular complexity index is 596. The molecule has 1 amide bonds. The molecule has 6 heteroatoms. The minimum absolute atomic E-state index is 0.0776. The maximum absolute atomic E-state index is 12.5. The highest BCUT2D eigenvalue weighted by molar-refractivity contribution is 5.81. The van der Waals surface area contributed by atoms with E-state index in [4.69, 9.17) is 4.74 Å². The Balaban J connectivity index is 1.42. The number of amides is 1. The first-order valence-corrected chi connectivity index (χ1v) is 10.3. The first kappa shape index (κ1) is 20.0. The summed E-state index contributed by atoms with van der Waals surface area (Å²) in [5.41, 5.74) is 1.14. The van der Waals surface area contributed by atoms with Crippen LogP contribution in [-0.4, -0.2) is 81.2 Å². The van der Waals surface area contributed by atoms with E-state index >= 15 is 0 Å². The number of benzene rings is 1. The summed E-state index contributed by atoms with van der Waals surface area (Å²) >= 11 is 0. The maximum Gasteiger partial charge on any atom is 0.237 e. The number of carbonyl (C=O) groups is 1. The van der Waals surface area contributed by atoms with E-state index in [1.54, 1.807) is 7.11 Å². The fourth-order valence-electron chi connectivity index (χ4n) is 4.07. The monoisotopic (exact) mass is 374 g/mol. The molecule has 3 rings (SSSR count). The van der Waals surface area contributed by atoms with Crippen molar-refractivity contribution in [2.75, 3.05) is 64.4 Å². The van der Waals surface area contributed by atoms with E-state index < -0.39 is 0 Å². The third-order valence-electron chi connectivity index (χ3n) is 5.84. The van der Waals surface area contributed by atoms with Gasteiger partial charge in [-0.25, -0.2) is 0 Å². The molecule has 27 heavy (non-hydrogen) atoms. The summed E-state index contributed by atoms with van der Waals surface area (Å²) in [6.45, 7) is 9.70. The van der Waals surface area contributed by atoms with Crippen molar-refractivity contribution in [3.05, 3.63) is 24.3 Å². The number of ether oxygens (including phenoxy) is 1. The highest BCUT2D eigenvalue weighted by Crippen LogP contribution is 2.28. The first-order chi connectivity index (χ1) is 13.2. The van der Waals surface area contributed by atoms with Crippen molar-refractivity contribution in [3.8, 4) is 5.75 Å². The molecule has 6 nitrogen and oxygen atoms in total. The molecule has 1 unspecified atom stereocenters. The van der Waals surface area contributed by atoms with Gasteiger partial charge in [0.2, 0.25) is 5.91 Å². The zero-order valence-corrected chi connectivity index (χ0v) is 16.8. The summed E-state index contributed by atoms with van der Waals surface area (Å²) < 4.78 is 5.48. The Morgan fingerprint density at radius 1 is 1.07 bits per heavy atom. The van der Waals surface area contributed by atoms with Gasteiger partial charge in [0.15, 0.2) is 0 Å². The van der Waals surface area contributed by atoms with Crippen LogP contribution in [0.15, 0.2) is 24.3 Å². The highest BCUT2D eigenvalue weighted by atomic mass is 16.5. The number of methoxy groups -OCH3 is 1. The van der Waals surface area contributed by atoms with Crippen LogP contribution in [0.3, 0.4) is 0 Å². The normalized spacial score (nSPS) is 20.3. The average Bonchev–Trinajstić information content (AvgIpc) is 2.74. The molecule has 1 aromatic rings. The van der Waals surface area contributed by atoms with E-state index in [0.717, 1.165) is 50.7 Å². The van der Waals surface area contributed by atoms with Crippen molar-refractivity contribution < 1.29 is 9.53 Å². The number of para-hydroxylation sites is 2. The van der Waals surface area contributed by atoms with Gasteiger partial charge >= 0.3 is 0 Å². The molecule has 1 atom stereocenters. The SMILES string of the molecule is COc1ccccc1N1CCN(C(C)C(=O)NCCN2CCCCC2)CC1. The lowest BCUT2D eigenvalue weighted by Gasteiger charge is -2.39. The predicted molar refractivity (Wildman–Crippen MR) is 110 cm³/mol. The number of piperidine rings is 1. The molecule has 0 saturated carbocycles. The highest BCUT2D eigenvalue weighted by Gasteiger charge is 2.26. The van der Waals surface area contributed by atoms with Gasteiger partial charge in [0.05, 0.1) is 18.8 Å². The van der Waals surface area contributed by atoms with Gasteiger partial charge in [0.25, 0.3) is 0 Å². The first-order valence-electron chi connectivity index (χ1n) is 10.3. The molecule has 0 bridgehead atoms. The van der Waals surface area contributed by atoms with Crippen molar-refractivity contribution in [1.82, 2.24) is 15.1 Å². The lowest BCUT2D eigenvalue weighted by Crippen LogP contribution is -2.54. The third kappa shape index (κ3) is 5.36. The number of hydrogen-bond donors (Lipinski definition) is 1. The number of likely N-dealkylation sites (tertiary alicyclic amines) is 1. The zero-order chi connectivity index (χ0) is 19.1. The van der Waals surface area contributed by atoms with Crippen molar-refractivity contribution in [2.45, 2.75) is 32.2 Å². The fourth-order valence-corrected chi connectivity index (χ4v) is 4.07. The van der Waals surface area contributed by atoms with E-state index in [1.807, 2.05) is 25.1 Å². The van der Waals surface area contributed by atoms with Crippen molar-refractivity contribution >= 4 is 11.6 Å². The molecular formula is C21H34N4O2. The van der Waals surface area contributed by atoms with Crippen LogP contribution in [0, 0.1) is 0 Å². The summed E-state index contributed by atoms with van der Waals surface area (Å²) in [5.74, 6) is 1.06. The Labute approximate surface area is 163 Å². The molecule has 1 aromatic carbocycles. The van der Waals surface area contributed by atoms with Crippen molar-refractivity contribution in [3.63, 3.8) is 0 Å². The summed E-state index contributed by atoms with van der Waals surface area (Å²) in [4.78, 5) is 19.6. The van der Waals surface area contributed by atoms with Crippen molar-refractivity contribution in [2.24, 2.45) is 0 Å². The summed E-state index contributed by atoms with van der Waals surface area (Å²) in [6, 6.07) is 8.06. The Kier molecular flexibility index (Phi) is 7.35. The number of nitrogens with zero attached hydrogens (tertiary/aromatic N) is 3. The minimum atomic E-state index is -0.0776. The van der Waals surface area contributed by atoms with Gasteiger partial charge in [-0.15, -0.1) is 0 Å². The third-order valence-corrected chi connectivity index (χ3v) is 5.84. The standard InChI is InChI=1S/C21H34N4O2/c1-18(21(26)22-10-13-23-11-6-3-7-12-23)24-14-16-25(17-15-24)19-8-4-5-9-20(19)27-2/h4-5,8-9,18H,3,6-7,10-17H2,1-2H3,(H,22,26). The van der Waals surface area contributed by atoms with Crippen LogP contribution in [0.5, 0.6) is 5.75 Å². The van der Waals surface area contributed by atoms with Crippen LogP contribution >= 0.6 is 0 Å². The van der Waals surface area contributed by atoms with E-state index in [2.05, 4.69) is 26.1 Å². The lowest BCUT2D eigenvalue weighted by molar-refractivity contribution is -0.126. The molecule has 2 saturated heterocycles. The van der Waals surface area contributed by atoms with E-state index in [1.165, 1.54) is 32.4 Å². The minimum Gasteiger partial charge on any atom is -0.495 e. The molecule has 0 aromatic heterocycles. The van der Waals surface area contributed by atoms with Crippen LogP contribution < -0.4 is 15.0 Å². The van der Waals surface area contributed by atoms with E-state index in [9.17, 15) is 4.79 Å². The van der Waals surface area contributed by atoms with Crippen LogP contribution in [0.4, 0.5) is 5.69 Å². The summed E-state index contributed by atoms with van der Waals surface area (Å²) in [7, 11) is 1.71. The molecule has 2 fully saturated rings. The predicted octanol–water partition coefficient (Wildman–Crippen LogP) is 1.81. The smallest absolute Gasteiger partial charge is 0.237 e. The fraction of sp³-hybridized carbons (Fsp3) is 0.667. The van der Waals surface area contributed by atoms with Gasteiger partial charge in [0, 0.05) is 39.3 Å². The van der Waals surface area contributed by atoms with Gasteiger partial charge in [-0.05, 0) is 45.0 Å². The Morgan fingerprint density at radius 3 is 2.48 bits per heavy atom. The van der Waals surface area contributed by atoms with Crippen LogP contribution in [-0.2, 0) is 4.79 Å². The van der Waals surface area contributed by atoms with Gasteiger partial charge in [-0.1, -0.05) is 18.6 Å². The molecule has 2 aliphatic rings. The second-order valence-corrected chi connectivity index (χ2v) is 7.56. The molecule has 150 valence electrons. The van der Waals surface area contributed by atoms with Gasteiger partial charge < -0.3 is 19.9 Å². The van der Waals surface area contributed by atoms with Crippen LogP contribution in [0.25, 0.3) is 0 Å². The number of anilines is 1. The largest absolute Gasteiger partial charge is 0.495 e.